The zero-order chi connectivity index (χ0) is 7.84. The van der Waals surface area contributed by atoms with Gasteiger partial charge in [-0.1, -0.05) is 6.92 Å². The van der Waals surface area contributed by atoms with Crippen LogP contribution in [0.2, 0.25) is 0 Å². The molecule has 1 unspecified atom stereocenters. The fourth-order valence-electron chi connectivity index (χ4n) is 1.20. The number of hydrogen-bond donors (Lipinski definition) is 0. The molecule has 1 heterocycles. The van der Waals surface area contributed by atoms with Crippen LogP contribution in [0.5, 0.6) is 0 Å². The summed E-state index contributed by atoms with van der Waals surface area (Å²) in [6, 6.07) is 0. The van der Waals surface area contributed by atoms with Crippen molar-refractivity contribution in [2.45, 2.75) is 25.7 Å². The number of aromatic nitrogens is 2. The zero-order valence-electron chi connectivity index (χ0n) is 6.25. The molecule has 1 saturated carbocycles. The van der Waals surface area contributed by atoms with E-state index in [1.54, 1.807) is 0 Å². The fraction of sp³-hybridized carbons (Fsp3) is 0.714. The second-order valence-corrected chi connectivity index (χ2v) is 3.94. The van der Waals surface area contributed by atoms with Crippen molar-refractivity contribution in [2.24, 2.45) is 5.92 Å². The third-order valence-electron chi connectivity index (χ3n) is 2.13. The van der Waals surface area contributed by atoms with Crippen molar-refractivity contribution >= 4 is 22.6 Å². The highest BCUT2D eigenvalue weighted by Crippen LogP contribution is 2.41. The van der Waals surface area contributed by atoms with Crippen LogP contribution in [0.3, 0.4) is 0 Å². The normalized spacial score (nSPS) is 20.2. The second kappa shape index (κ2) is 2.73. The number of nitrogens with zero attached hydrogens (tertiary/aromatic N) is 2. The van der Waals surface area contributed by atoms with E-state index >= 15 is 0 Å². The summed E-state index contributed by atoms with van der Waals surface area (Å²) in [4.78, 5) is 0. The lowest BCUT2D eigenvalue weighted by Gasteiger charge is -2.00. The van der Waals surface area contributed by atoms with Crippen LogP contribution in [0.25, 0.3) is 0 Å². The van der Waals surface area contributed by atoms with Crippen molar-refractivity contribution in [3.05, 3.63) is 9.79 Å². The summed E-state index contributed by atoms with van der Waals surface area (Å²) in [6.07, 6.45) is 2.64. The summed E-state index contributed by atoms with van der Waals surface area (Å²) in [5.41, 5.74) is 0. The summed E-state index contributed by atoms with van der Waals surface area (Å²) < 4.78 is 5.95. The molecule has 1 atom stereocenters. The third-order valence-corrected chi connectivity index (χ3v) is 2.57. The van der Waals surface area contributed by atoms with Crippen LogP contribution in [0, 0.1) is 9.82 Å². The molecule has 0 amide bonds. The molecule has 1 fully saturated rings. The maximum Gasteiger partial charge on any atom is 0.278 e. The van der Waals surface area contributed by atoms with Crippen LogP contribution in [-0.4, -0.2) is 10.2 Å². The predicted molar refractivity (Wildman–Crippen MR) is 48.2 cm³/mol. The van der Waals surface area contributed by atoms with Crippen LogP contribution < -0.4 is 0 Å². The highest BCUT2D eigenvalue weighted by molar-refractivity contribution is 14.1. The van der Waals surface area contributed by atoms with Crippen LogP contribution in [0.4, 0.5) is 0 Å². The summed E-state index contributed by atoms with van der Waals surface area (Å²) in [6.45, 7) is 2.15. The minimum absolute atomic E-state index is 0.464. The molecule has 4 heteroatoms. The number of rotatable bonds is 2. The van der Waals surface area contributed by atoms with Gasteiger partial charge in [0.1, 0.15) is 0 Å². The van der Waals surface area contributed by atoms with E-state index in [0.29, 0.717) is 9.82 Å². The first-order valence-corrected chi connectivity index (χ1v) is 4.84. The molecule has 2 rings (SSSR count). The highest BCUT2D eigenvalue weighted by atomic mass is 127. The third kappa shape index (κ3) is 1.55. The van der Waals surface area contributed by atoms with Crippen LogP contribution in [0.15, 0.2) is 4.42 Å². The molecule has 0 radical (unpaired) electrons. The molecule has 1 aliphatic carbocycles. The quantitative estimate of drug-likeness (QED) is 0.768. The van der Waals surface area contributed by atoms with Gasteiger partial charge in [0.2, 0.25) is 5.89 Å². The smallest absolute Gasteiger partial charge is 0.278 e. The van der Waals surface area contributed by atoms with E-state index in [1.165, 1.54) is 12.8 Å². The Morgan fingerprint density at radius 3 is 2.73 bits per heavy atom. The first kappa shape index (κ1) is 7.52. The SMILES string of the molecule is CC(c1nnc(I)o1)C1CC1. The second-order valence-electron chi connectivity index (χ2n) is 3.02. The standard InChI is InChI=1S/C7H9IN2O/c1-4(5-2-3-5)6-9-10-7(8)11-6/h4-5H,2-3H2,1H3. The summed E-state index contributed by atoms with van der Waals surface area (Å²) in [7, 11) is 0. The van der Waals surface area contributed by atoms with Gasteiger partial charge in [-0.2, -0.15) is 0 Å². The van der Waals surface area contributed by atoms with Crippen LogP contribution in [0.1, 0.15) is 31.6 Å². The monoisotopic (exact) mass is 264 g/mol. The van der Waals surface area contributed by atoms with E-state index in [2.05, 4.69) is 17.1 Å². The van der Waals surface area contributed by atoms with Crippen molar-refractivity contribution in [3.8, 4) is 0 Å². The Morgan fingerprint density at radius 1 is 1.55 bits per heavy atom. The van der Waals surface area contributed by atoms with Gasteiger partial charge in [-0.15, -0.1) is 10.2 Å². The first-order valence-electron chi connectivity index (χ1n) is 3.76. The minimum atomic E-state index is 0.464. The van der Waals surface area contributed by atoms with Gasteiger partial charge < -0.3 is 4.42 Å². The lowest BCUT2D eigenvalue weighted by atomic mass is 10.1. The average molecular weight is 264 g/mol. The van der Waals surface area contributed by atoms with Crippen LogP contribution >= 0.6 is 22.6 Å². The van der Waals surface area contributed by atoms with Gasteiger partial charge in [-0.3, -0.25) is 0 Å². The Kier molecular flexibility index (Phi) is 1.86. The van der Waals surface area contributed by atoms with Crippen molar-refractivity contribution in [1.82, 2.24) is 10.2 Å². The summed E-state index contributed by atoms with van der Waals surface area (Å²) >= 11 is 2.04. The van der Waals surface area contributed by atoms with Gasteiger partial charge in [0.05, 0.1) is 0 Å². The molecule has 1 aliphatic rings. The molecular weight excluding hydrogens is 255 g/mol. The number of halogens is 1. The van der Waals surface area contributed by atoms with Gasteiger partial charge in [-0.25, -0.2) is 0 Å². The van der Waals surface area contributed by atoms with Crippen molar-refractivity contribution in [1.29, 1.82) is 0 Å². The van der Waals surface area contributed by atoms with E-state index in [-0.39, 0.29) is 0 Å². The summed E-state index contributed by atoms with van der Waals surface area (Å²) in [5.74, 6) is 2.06. The lowest BCUT2D eigenvalue weighted by Crippen LogP contribution is -1.95. The van der Waals surface area contributed by atoms with Crippen molar-refractivity contribution in [3.63, 3.8) is 0 Å². The zero-order valence-corrected chi connectivity index (χ0v) is 8.41. The molecule has 0 bridgehead atoms. The molecule has 0 aromatic carbocycles. The Hall–Kier alpha value is -0.130. The predicted octanol–water partition coefficient (Wildman–Crippen LogP) is 2.19. The van der Waals surface area contributed by atoms with Gasteiger partial charge >= 0.3 is 0 Å². The highest BCUT2D eigenvalue weighted by Gasteiger charge is 2.32. The lowest BCUT2D eigenvalue weighted by molar-refractivity contribution is 0.420. The molecule has 1 aromatic heterocycles. The molecular formula is C7H9IN2O. The van der Waals surface area contributed by atoms with Crippen molar-refractivity contribution < 1.29 is 4.42 Å². The average Bonchev–Trinajstić information content (AvgIpc) is 2.74. The van der Waals surface area contributed by atoms with Gasteiger partial charge in [0.25, 0.3) is 3.90 Å². The summed E-state index contributed by atoms with van der Waals surface area (Å²) in [5, 5.41) is 7.77. The molecule has 3 nitrogen and oxygen atoms in total. The maximum absolute atomic E-state index is 5.31. The number of hydrogen-bond acceptors (Lipinski definition) is 3. The topological polar surface area (TPSA) is 38.9 Å². The first-order chi connectivity index (χ1) is 5.27. The Morgan fingerprint density at radius 2 is 2.27 bits per heavy atom. The molecule has 0 spiro atoms. The molecule has 1 aromatic rings. The fourth-order valence-corrected chi connectivity index (χ4v) is 1.53. The molecule has 0 aliphatic heterocycles. The minimum Gasteiger partial charge on any atom is -0.416 e. The molecule has 0 saturated heterocycles. The largest absolute Gasteiger partial charge is 0.416 e. The van der Waals surface area contributed by atoms with E-state index in [9.17, 15) is 0 Å². The van der Waals surface area contributed by atoms with Gasteiger partial charge in [0, 0.05) is 28.5 Å². The molecule has 60 valence electrons. The Bertz CT molecular complexity index is 257. The van der Waals surface area contributed by atoms with E-state index in [4.69, 9.17) is 4.42 Å². The van der Waals surface area contributed by atoms with E-state index < -0.39 is 0 Å². The van der Waals surface area contributed by atoms with Gasteiger partial charge in [0.15, 0.2) is 0 Å². The molecule has 0 N–H and O–H groups in total. The van der Waals surface area contributed by atoms with Crippen LogP contribution in [-0.2, 0) is 0 Å². The Labute approximate surface area is 78.7 Å². The van der Waals surface area contributed by atoms with E-state index in [0.717, 1.165) is 11.8 Å². The van der Waals surface area contributed by atoms with E-state index in [1.807, 2.05) is 22.6 Å². The van der Waals surface area contributed by atoms with Gasteiger partial charge in [-0.05, 0) is 18.8 Å². The Balaban J connectivity index is 2.14. The maximum atomic E-state index is 5.31. The van der Waals surface area contributed by atoms with Crippen molar-refractivity contribution in [2.75, 3.05) is 0 Å². The molecule has 11 heavy (non-hydrogen) atoms.